The highest BCUT2D eigenvalue weighted by atomic mass is 16.5. The first-order valence-corrected chi connectivity index (χ1v) is 9.56. The zero-order valence-electron chi connectivity index (χ0n) is 16.0. The van der Waals surface area contributed by atoms with Crippen molar-refractivity contribution < 1.29 is 13.9 Å². The van der Waals surface area contributed by atoms with Crippen molar-refractivity contribution in [2.24, 2.45) is 5.92 Å². The van der Waals surface area contributed by atoms with E-state index in [4.69, 9.17) is 9.15 Å². The van der Waals surface area contributed by atoms with Gasteiger partial charge in [0.1, 0.15) is 11.5 Å². The predicted molar refractivity (Wildman–Crippen MR) is 102 cm³/mol. The van der Waals surface area contributed by atoms with E-state index < -0.39 is 0 Å². The fraction of sp³-hybridized carbons (Fsp3) is 0.500. The van der Waals surface area contributed by atoms with Crippen LogP contribution in [-0.2, 0) is 29.1 Å². The minimum absolute atomic E-state index is 0.0509. The molecule has 4 nitrogen and oxygen atoms in total. The molecule has 1 aliphatic carbocycles. The summed E-state index contributed by atoms with van der Waals surface area (Å²) in [6, 6.07) is 12.2. The van der Waals surface area contributed by atoms with Gasteiger partial charge in [-0.2, -0.15) is 0 Å². The fourth-order valence-electron chi connectivity index (χ4n) is 2.99. The lowest BCUT2D eigenvalue weighted by Gasteiger charge is -2.09. The standard InChI is InChI=1S/C22H29NO3/c1-15(2)25-14-18-6-4-17(5-7-18)13-23-22(24)11-9-19-8-10-21(26-19)20-12-16(20)3/h4-8,10,15-16,20H,9,11-14H2,1-3H3,(H,23,24). The minimum atomic E-state index is 0.0509. The van der Waals surface area contributed by atoms with E-state index in [2.05, 4.69) is 18.3 Å². The van der Waals surface area contributed by atoms with Gasteiger partial charge in [0.05, 0.1) is 12.7 Å². The van der Waals surface area contributed by atoms with Crippen molar-refractivity contribution in [2.75, 3.05) is 0 Å². The number of furan rings is 1. The number of ether oxygens (including phenoxy) is 1. The molecule has 26 heavy (non-hydrogen) atoms. The molecule has 0 saturated heterocycles. The molecule has 1 fully saturated rings. The maximum atomic E-state index is 12.1. The summed E-state index contributed by atoms with van der Waals surface area (Å²) in [6.07, 6.45) is 2.55. The molecule has 4 heteroatoms. The molecule has 2 unspecified atom stereocenters. The number of carbonyl (C=O) groups excluding carboxylic acids is 1. The Kier molecular flexibility index (Phi) is 6.15. The zero-order chi connectivity index (χ0) is 18.5. The molecule has 2 aromatic rings. The molecule has 1 aliphatic rings. The quantitative estimate of drug-likeness (QED) is 0.716. The normalized spacial score (nSPS) is 18.9. The van der Waals surface area contributed by atoms with E-state index in [9.17, 15) is 4.79 Å². The van der Waals surface area contributed by atoms with Crippen LogP contribution in [0.5, 0.6) is 0 Å². The number of amides is 1. The average molecular weight is 355 g/mol. The third-order valence-corrected chi connectivity index (χ3v) is 4.85. The molecule has 3 rings (SSSR count). The van der Waals surface area contributed by atoms with Crippen LogP contribution in [-0.4, -0.2) is 12.0 Å². The maximum absolute atomic E-state index is 12.1. The van der Waals surface area contributed by atoms with Crippen LogP contribution >= 0.6 is 0 Å². The second-order valence-electron chi connectivity index (χ2n) is 7.58. The van der Waals surface area contributed by atoms with Crippen LogP contribution in [0.1, 0.15) is 62.2 Å². The summed E-state index contributed by atoms with van der Waals surface area (Å²) in [5.74, 6) is 3.36. The highest BCUT2D eigenvalue weighted by molar-refractivity contribution is 5.76. The Morgan fingerprint density at radius 2 is 1.88 bits per heavy atom. The van der Waals surface area contributed by atoms with Crippen LogP contribution in [0.3, 0.4) is 0 Å². The Bertz CT molecular complexity index is 717. The van der Waals surface area contributed by atoms with Crippen molar-refractivity contribution in [3.8, 4) is 0 Å². The summed E-state index contributed by atoms with van der Waals surface area (Å²) in [5.41, 5.74) is 2.24. The molecule has 0 spiro atoms. The van der Waals surface area contributed by atoms with E-state index in [0.717, 1.165) is 28.6 Å². The largest absolute Gasteiger partial charge is 0.466 e. The molecule has 2 atom stereocenters. The predicted octanol–water partition coefficient (Wildman–Crippen LogP) is 4.58. The first kappa shape index (κ1) is 18.7. The number of benzene rings is 1. The van der Waals surface area contributed by atoms with Gasteiger partial charge in [-0.25, -0.2) is 0 Å². The lowest BCUT2D eigenvalue weighted by atomic mass is 10.1. The van der Waals surface area contributed by atoms with Gasteiger partial charge in [-0.15, -0.1) is 0 Å². The topological polar surface area (TPSA) is 51.5 Å². The van der Waals surface area contributed by atoms with E-state index in [-0.39, 0.29) is 12.0 Å². The Labute approximate surface area is 155 Å². The SMILES string of the molecule is CC(C)OCc1ccc(CNC(=O)CCc2ccc(C3CC3C)o2)cc1. The lowest BCUT2D eigenvalue weighted by molar-refractivity contribution is -0.121. The second-order valence-corrected chi connectivity index (χ2v) is 7.58. The maximum Gasteiger partial charge on any atom is 0.220 e. The molecule has 1 N–H and O–H groups in total. The van der Waals surface area contributed by atoms with Crippen molar-refractivity contribution in [3.05, 3.63) is 59.0 Å². The first-order chi connectivity index (χ1) is 12.5. The van der Waals surface area contributed by atoms with E-state index in [1.165, 1.54) is 6.42 Å². The Morgan fingerprint density at radius 3 is 2.54 bits per heavy atom. The highest BCUT2D eigenvalue weighted by Gasteiger charge is 2.36. The Morgan fingerprint density at radius 1 is 1.19 bits per heavy atom. The van der Waals surface area contributed by atoms with E-state index in [0.29, 0.717) is 31.9 Å². The van der Waals surface area contributed by atoms with Crippen molar-refractivity contribution >= 4 is 5.91 Å². The van der Waals surface area contributed by atoms with Gasteiger partial charge in [-0.05, 0) is 49.4 Å². The van der Waals surface area contributed by atoms with Crippen molar-refractivity contribution in [1.29, 1.82) is 0 Å². The third kappa shape index (κ3) is 5.46. The van der Waals surface area contributed by atoms with E-state index >= 15 is 0 Å². The number of rotatable bonds is 9. The molecule has 1 amide bonds. The summed E-state index contributed by atoms with van der Waals surface area (Å²) in [7, 11) is 0. The van der Waals surface area contributed by atoms with Crippen LogP contribution in [0.4, 0.5) is 0 Å². The smallest absolute Gasteiger partial charge is 0.220 e. The van der Waals surface area contributed by atoms with Crippen LogP contribution < -0.4 is 5.32 Å². The molecular weight excluding hydrogens is 326 g/mol. The van der Waals surface area contributed by atoms with Crippen LogP contribution in [0.2, 0.25) is 0 Å². The van der Waals surface area contributed by atoms with E-state index in [1.54, 1.807) is 0 Å². The molecule has 0 radical (unpaired) electrons. The monoisotopic (exact) mass is 355 g/mol. The molecule has 0 aliphatic heterocycles. The number of nitrogens with one attached hydrogen (secondary N) is 1. The van der Waals surface area contributed by atoms with Gasteiger partial charge in [0, 0.05) is 25.3 Å². The Hall–Kier alpha value is -2.07. The van der Waals surface area contributed by atoms with Crippen molar-refractivity contribution in [3.63, 3.8) is 0 Å². The summed E-state index contributed by atoms with van der Waals surface area (Å²) in [6.45, 7) is 7.46. The Balaban J connectivity index is 1.37. The summed E-state index contributed by atoms with van der Waals surface area (Å²) in [5, 5.41) is 2.98. The summed E-state index contributed by atoms with van der Waals surface area (Å²) >= 11 is 0. The van der Waals surface area contributed by atoms with Crippen LogP contribution in [0, 0.1) is 5.92 Å². The van der Waals surface area contributed by atoms with Gasteiger partial charge < -0.3 is 14.5 Å². The number of hydrogen-bond donors (Lipinski definition) is 1. The van der Waals surface area contributed by atoms with Gasteiger partial charge in [-0.1, -0.05) is 31.2 Å². The van der Waals surface area contributed by atoms with Gasteiger partial charge in [0.2, 0.25) is 5.91 Å². The average Bonchev–Trinajstić information content (AvgIpc) is 3.17. The van der Waals surface area contributed by atoms with Crippen molar-refractivity contribution in [2.45, 2.75) is 65.2 Å². The first-order valence-electron chi connectivity index (χ1n) is 9.56. The molecule has 1 saturated carbocycles. The number of hydrogen-bond acceptors (Lipinski definition) is 3. The minimum Gasteiger partial charge on any atom is -0.466 e. The van der Waals surface area contributed by atoms with Gasteiger partial charge >= 0.3 is 0 Å². The van der Waals surface area contributed by atoms with Crippen LogP contribution in [0.25, 0.3) is 0 Å². The zero-order valence-corrected chi connectivity index (χ0v) is 16.0. The van der Waals surface area contributed by atoms with Crippen molar-refractivity contribution in [1.82, 2.24) is 5.32 Å². The number of aryl methyl sites for hydroxylation is 1. The molecule has 1 aromatic carbocycles. The summed E-state index contributed by atoms with van der Waals surface area (Å²) in [4.78, 5) is 12.1. The third-order valence-electron chi connectivity index (χ3n) is 4.85. The lowest BCUT2D eigenvalue weighted by Crippen LogP contribution is -2.22. The number of carbonyl (C=O) groups is 1. The second kappa shape index (κ2) is 8.54. The summed E-state index contributed by atoms with van der Waals surface area (Å²) < 4.78 is 11.4. The molecule has 1 aromatic heterocycles. The molecule has 1 heterocycles. The molecule has 0 bridgehead atoms. The van der Waals surface area contributed by atoms with Crippen LogP contribution in [0.15, 0.2) is 40.8 Å². The van der Waals surface area contributed by atoms with Gasteiger partial charge in [0.15, 0.2) is 0 Å². The van der Waals surface area contributed by atoms with Gasteiger partial charge in [-0.3, -0.25) is 4.79 Å². The fourth-order valence-corrected chi connectivity index (χ4v) is 2.99. The molecular formula is C22H29NO3. The molecule has 140 valence electrons. The highest BCUT2D eigenvalue weighted by Crippen LogP contribution is 2.47. The van der Waals surface area contributed by atoms with E-state index in [1.807, 2.05) is 44.2 Å². The van der Waals surface area contributed by atoms with Gasteiger partial charge in [0.25, 0.3) is 0 Å².